The quantitative estimate of drug-likeness (QED) is 0.785. The van der Waals surface area contributed by atoms with E-state index < -0.39 is 0 Å². The molecule has 1 N–H and O–H groups in total. The van der Waals surface area contributed by atoms with Gasteiger partial charge in [0.2, 0.25) is 5.91 Å². The Balaban J connectivity index is 1.53. The van der Waals surface area contributed by atoms with E-state index in [1.54, 1.807) is 6.08 Å². The number of ether oxygens (including phenoxy) is 1. The Hall–Kier alpha value is -1.77. The number of rotatable bonds is 6. The van der Waals surface area contributed by atoms with Gasteiger partial charge in [0.25, 0.3) is 0 Å². The van der Waals surface area contributed by atoms with Crippen LogP contribution in [0.4, 0.5) is 0 Å². The minimum atomic E-state index is 0.000421. The van der Waals surface area contributed by atoms with Crippen LogP contribution in [0.25, 0.3) is 6.08 Å². The molecule has 1 amide bonds. The molecule has 2 bridgehead atoms. The lowest BCUT2D eigenvalue weighted by Crippen LogP contribution is -2.39. The largest absolute Gasteiger partial charge is 0.491 e. The van der Waals surface area contributed by atoms with Gasteiger partial charge in [-0.05, 0) is 81.6 Å². The molecule has 3 nitrogen and oxygen atoms in total. The molecule has 1 aromatic rings. The summed E-state index contributed by atoms with van der Waals surface area (Å²) in [7, 11) is 0. The fraction of sp³-hybridized carbons (Fsp3) is 0.571. The van der Waals surface area contributed by atoms with Gasteiger partial charge in [-0.15, -0.1) is 0 Å². The normalized spacial score (nSPS) is 26.9. The summed E-state index contributed by atoms with van der Waals surface area (Å²) in [4.78, 5) is 12.2. The molecule has 0 spiro atoms. The highest BCUT2D eigenvalue weighted by molar-refractivity contribution is 5.91. The molecule has 3 heteroatoms. The molecule has 2 aliphatic carbocycles. The predicted molar refractivity (Wildman–Crippen MR) is 97.8 cm³/mol. The Morgan fingerprint density at radius 1 is 1.25 bits per heavy atom. The fourth-order valence-corrected chi connectivity index (χ4v) is 4.42. The molecule has 2 saturated carbocycles. The van der Waals surface area contributed by atoms with Crippen molar-refractivity contribution in [2.45, 2.75) is 58.6 Å². The lowest BCUT2D eigenvalue weighted by atomic mass is 9.84. The van der Waals surface area contributed by atoms with Crippen LogP contribution in [0.2, 0.25) is 0 Å². The number of carbonyl (C=O) groups is 1. The minimum Gasteiger partial charge on any atom is -0.491 e. The van der Waals surface area contributed by atoms with Crippen LogP contribution in [0, 0.1) is 17.8 Å². The van der Waals surface area contributed by atoms with E-state index >= 15 is 0 Å². The predicted octanol–water partition coefficient (Wildman–Crippen LogP) is 4.43. The van der Waals surface area contributed by atoms with E-state index in [-0.39, 0.29) is 18.1 Å². The molecule has 0 radical (unpaired) electrons. The summed E-state index contributed by atoms with van der Waals surface area (Å²) in [5, 5.41) is 3.17. The smallest absolute Gasteiger partial charge is 0.244 e. The van der Waals surface area contributed by atoms with E-state index in [4.69, 9.17) is 4.74 Å². The van der Waals surface area contributed by atoms with Crippen molar-refractivity contribution in [3.8, 4) is 5.75 Å². The maximum Gasteiger partial charge on any atom is 0.244 e. The summed E-state index contributed by atoms with van der Waals surface area (Å²) >= 11 is 0. The van der Waals surface area contributed by atoms with Gasteiger partial charge in [0.05, 0.1) is 6.10 Å². The van der Waals surface area contributed by atoms with Crippen LogP contribution in [0.3, 0.4) is 0 Å². The van der Waals surface area contributed by atoms with Gasteiger partial charge in [0, 0.05) is 12.1 Å². The van der Waals surface area contributed by atoms with Gasteiger partial charge in [-0.2, -0.15) is 0 Å². The van der Waals surface area contributed by atoms with Gasteiger partial charge < -0.3 is 10.1 Å². The third-order valence-corrected chi connectivity index (χ3v) is 5.46. The van der Waals surface area contributed by atoms with Crippen LogP contribution in [-0.4, -0.2) is 18.1 Å². The molecular formula is C21H29NO2. The first-order valence-electron chi connectivity index (χ1n) is 9.26. The Morgan fingerprint density at radius 2 is 2.08 bits per heavy atom. The summed E-state index contributed by atoms with van der Waals surface area (Å²) < 4.78 is 5.69. The SMILES string of the molecule is CC(C)Oc1cccc(/C=C/C(=O)NC(C)C2CC3CCC2C3)c1. The summed E-state index contributed by atoms with van der Waals surface area (Å²) in [6, 6.07) is 8.11. The van der Waals surface area contributed by atoms with Crippen molar-refractivity contribution in [2.75, 3.05) is 0 Å². The van der Waals surface area contributed by atoms with Gasteiger partial charge in [0.1, 0.15) is 5.75 Å². The number of carbonyl (C=O) groups excluding carboxylic acids is 1. The zero-order chi connectivity index (χ0) is 17.1. The number of fused-ring (bicyclic) bond motifs is 2. The molecule has 1 aromatic carbocycles. The standard InChI is InChI=1S/C21H29NO2/c1-14(2)24-19-6-4-5-16(12-19)8-10-21(23)22-15(3)20-13-17-7-9-18(20)11-17/h4-6,8,10,12,14-15,17-18,20H,7,9,11,13H2,1-3H3,(H,22,23)/b10-8+. The van der Waals surface area contributed by atoms with Gasteiger partial charge in [-0.3, -0.25) is 4.79 Å². The van der Waals surface area contributed by atoms with Crippen molar-refractivity contribution in [1.29, 1.82) is 0 Å². The summed E-state index contributed by atoms with van der Waals surface area (Å²) in [6.45, 7) is 6.17. The van der Waals surface area contributed by atoms with E-state index in [1.165, 1.54) is 25.7 Å². The third kappa shape index (κ3) is 4.19. The van der Waals surface area contributed by atoms with Crippen molar-refractivity contribution in [1.82, 2.24) is 5.32 Å². The van der Waals surface area contributed by atoms with E-state index in [9.17, 15) is 4.79 Å². The highest BCUT2D eigenvalue weighted by atomic mass is 16.5. The molecule has 0 saturated heterocycles. The van der Waals surface area contributed by atoms with Crippen molar-refractivity contribution in [3.63, 3.8) is 0 Å². The molecule has 24 heavy (non-hydrogen) atoms. The molecule has 0 aliphatic heterocycles. The van der Waals surface area contributed by atoms with E-state index in [0.717, 1.165) is 23.1 Å². The van der Waals surface area contributed by atoms with Crippen molar-refractivity contribution in [2.24, 2.45) is 17.8 Å². The Bertz CT molecular complexity index is 608. The Morgan fingerprint density at radius 3 is 2.75 bits per heavy atom. The van der Waals surface area contributed by atoms with Gasteiger partial charge in [-0.25, -0.2) is 0 Å². The summed E-state index contributed by atoms with van der Waals surface area (Å²) in [5.74, 6) is 3.25. The monoisotopic (exact) mass is 327 g/mol. The van der Waals surface area contributed by atoms with Crippen molar-refractivity contribution < 1.29 is 9.53 Å². The molecule has 2 fully saturated rings. The van der Waals surface area contributed by atoms with Crippen LogP contribution < -0.4 is 10.1 Å². The van der Waals surface area contributed by atoms with Crippen LogP contribution in [0.15, 0.2) is 30.3 Å². The number of nitrogens with one attached hydrogen (secondary N) is 1. The summed E-state index contributed by atoms with van der Waals surface area (Å²) in [5.41, 5.74) is 0.982. The second kappa shape index (κ2) is 7.42. The molecular weight excluding hydrogens is 298 g/mol. The average molecular weight is 327 g/mol. The van der Waals surface area contributed by atoms with Crippen LogP contribution in [-0.2, 0) is 4.79 Å². The average Bonchev–Trinajstić information content (AvgIpc) is 3.15. The highest BCUT2D eigenvalue weighted by Gasteiger charge is 2.41. The first-order chi connectivity index (χ1) is 11.5. The van der Waals surface area contributed by atoms with Gasteiger partial charge in [-0.1, -0.05) is 18.6 Å². The number of amides is 1. The van der Waals surface area contributed by atoms with E-state index in [0.29, 0.717) is 5.92 Å². The lowest BCUT2D eigenvalue weighted by Gasteiger charge is -2.28. The maximum absolute atomic E-state index is 12.2. The van der Waals surface area contributed by atoms with Crippen molar-refractivity contribution in [3.05, 3.63) is 35.9 Å². The molecule has 4 unspecified atom stereocenters. The maximum atomic E-state index is 12.2. The van der Waals surface area contributed by atoms with Crippen molar-refractivity contribution >= 4 is 12.0 Å². The Kier molecular flexibility index (Phi) is 5.27. The Labute approximate surface area is 145 Å². The third-order valence-electron chi connectivity index (χ3n) is 5.46. The number of hydrogen-bond acceptors (Lipinski definition) is 2. The van der Waals surface area contributed by atoms with E-state index in [1.807, 2.05) is 44.2 Å². The zero-order valence-electron chi connectivity index (χ0n) is 15.0. The molecule has 3 rings (SSSR count). The first kappa shape index (κ1) is 17.1. The topological polar surface area (TPSA) is 38.3 Å². The fourth-order valence-electron chi connectivity index (χ4n) is 4.42. The minimum absolute atomic E-state index is 0.000421. The molecule has 4 atom stereocenters. The summed E-state index contributed by atoms with van der Waals surface area (Å²) in [6.07, 6.45) is 9.07. The molecule has 2 aliphatic rings. The molecule has 0 aromatic heterocycles. The second-order valence-corrected chi connectivity index (χ2v) is 7.71. The second-order valence-electron chi connectivity index (χ2n) is 7.71. The van der Waals surface area contributed by atoms with E-state index in [2.05, 4.69) is 12.2 Å². The number of hydrogen-bond donors (Lipinski definition) is 1. The first-order valence-corrected chi connectivity index (χ1v) is 9.26. The van der Waals surface area contributed by atoms with Crippen LogP contribution in [0.1, 0.15) is 52.0 Å². The lowest BCUT2D eigenvalue weighted by molar-refractivity contribution is -0.117. The number of benzene rings is 1. The van der Waals surface area contributed by atoms with Gasteiger partial charge >= 0.3 is 0 Å². The van der Waals surface area contributed by atoms with Gasteiger partial charge in [0.15, 0.2) is 0 Å². The van der Waals surface area contributed by atoms with Crippen LogP contribution in [0.5, 0.6) is 5.75 Å². The zero-order valence-corrected chi connectivity index (χ0v) is 15.0. The molecule has 0 heterocycles. The molecule has 130 valence electrons. The highest BCUT2D eigenvalue weighted by Crippen LogP contribution is 2.49. The van der Waals surface area contributed by atoms with Crippen LogP contribution >= 0.6 is 0 Å².